The van der Waals surface area contributed by atoms with Crippen LogP contribution in [0.3, 0.4) is 0 Å². The van der Waals surface area contributed by atoms with Crippen molar-refractivity contribution >= 4 is 0 Å². The zero-order chi connectivity index (χ0) is 13.6. The number of nitrogens with zero attached hydrogens (tertiary/aromatic N) is 2. The average molecular weight is 251 g/mol. The first kappa shape index (κ1) is 15.5. The van der Waals surface area contributed by atoms with E-state index in [1.165, 1.54) is 38.9 Å². The van der Waals surface area contributed by atoms with E-state index in [0.29, 0.717) is 5.41 Å². The minimum Gasteiger partial charge on any atom is -0.314 e. The first-order valence-electron chi connectivity index (χ1n) is 7.33. The zero-order valence-electron chi connectivity index (χ0n) is 12.3. The van der Waals surface area contributed by atoms with Crippen LogP contribution in [-0.2, 0) is 0 Å². The molecule has 2 N–H and O–H groups in total. The standard InChI is InChI=1S/C15H29N3/c1-4-14(2)8-11-18(12-9-14)10-6-5-7-15(3,17)13-16/h4-12,17H2,1-3H3. The summed E-state index contributed by atoms with van der Waals surface area (Å²) >= 11 is 0. The van der Waals surface area contributed by atoms with Crippen molar-refractivity contribution in [3.63, 3.8) is 0 Å². The minimum atomic E-state index is -0.636. The number of hydrogen-bond donors (Lipinski definition) is 1. The SMILES string of the molecule is CCC1(C)CCN(CCCCC(C)(N)C#N)CC1. The molecule has 18 heavy (non-hydrogen) atoms. The molecule has 1 atom stereocenters. The molecule has 0 bridgehead atoms. The highest BCUT2D eigenvalue weighted by molar-refractivity contribution is 5.00. The third kappa shape index (κ3) is 4.96. The van der Waals surface area contributed by atoms with Gasteiger partial charge in [-0.25, -0.2) is 0 Å². The van der Waals surface area contributed by atoms with Gasteiger partial charge in [0, 0.05) is 0 Å². The fourth-order valence-corrected chi connectivity index (χ4v) is 2.55. The van der Waals surface area contributed by atoms with E-state index in [1.807, 2.05) is 6.92 Å². The van der Waals surface area contributed by atoms with E-state index in [2.05, 4.69) is 24.8 Å². The molecular formula is C15H29N3. The number of hydrogen-bond acceptors (Lipinski definition) is 3. The van der Waals surface area contributed by atoms with Gasteiger partial charge in [-0.05, 0) is 64.1 Å². The molecule has 1 rings (SSSR count). The molecule has 0 aromatic carbocycles. The average Bonchev–Trinajstić information content (AvgIpc) is 2.37. The molecule has 0 amide bonds. The fourth-order valence-electron chi connectivity index (χ4n) is 2.55. The molecule has 1 heterocycles. The lowest BCUT2D eigenvalue weighted by Crippen LogP contribution is -2.39. The van der Waals surface area contributed by atoms with Gasteiger partial charge in [0.05, 0.1) is 6.07 Å². The van der Waals surface area contributed by atoms with Crippen LogP contribution in [0.2, 0.25) is 0 Å². The Morgan fingerprint density at radius 2 is 1.94 bits per heavy atom. The van der Waals surface area contributed by atoms with E-state index in [9.17, 15) is 0 Å². The van der Waals surface area contributed by atoms with Crippen LogP contribution in [0.4, 0.5) is 0 Å². The van der Waals surface area contributed by atoms with Crippen molar-refractivity contribution in [2.45, 2.75) is 64.8 Å². The lowest BCUT2D eigenvalue weighted by Gasteiger charge is -2.39. The van der Waals surface area contributed by atoms with Crippen molar-refractivity contribution in [2.24, 2.45) is 11.1 Å². The normalized spacial score (nSPS) is 23.3. The lowest BCUT2D eigenvalue weighted by atomic mass is 9.78. The van der Waals surface area contributed by atoms with E-state index in [1.54, 1.807) is 0 Å². The summed E-state index contributed by atoms with van der Waals surface area (Å²) in [4.78, 5) is 2.57. The van der Waals surface area contributed by atoms with Gasteiger partial charge in [0.25, 0.3) is 0 Å². The summed E-state index contributed by atoms with van der Waals surface area (Å²) in [7, 11) is 0. The maximum Gasteiger partial charge on any atom is 0.101 e. The monoisotopic (exact) mass is 251 g/mol. The molecule has 0 saturated carbocycles. The van der Waals surface area contributed by atoms with Crippen LogP contribution in [0.1, 0.15) is 59.3 Å². The maximum atomic E-state index is 8.84. The van der Waals surface area contributed by atoms with E-state index < -0.39 is 5.54 Å². The summed E-state index contributed by atoms with van der Waals surface area (Å²) in [5.74, 6) is 0. The molecule has 3 nitrogen and oxygen atoms in total. The molecule has 1 aliphatic heterocycles. The smallest absolute Gasteiger partial charge is 0.101 e. The molecule has 1 unspecified atom stereocenters. The van der Waals surface area contributed by atoms with Crippen molar-refractivity contribution in [1.82, 2.24) is 4.90 Å². The molecule has 0 radical (unpaired) electrons. The number of rotatable bonds is 6. The number of unbranched alkanes of at least 4 members (excludes halogenated alkanes) is 1. The third-order valence-corrected chi connectivity index (χ3v) is 4.59. The summed E-state index contributed by atoms with van der Waals surface area (Å²) in [5.41, 5.74) is 5.75. The Morgan fingerprint density at radius 1 is 1.33 bits per heavy atom. The van der Waals surface area contributed by atoms with Crippen molar-refractivity contribution in [2.75, 3.05) is 19.6 Å². The first-order valence-corrected chi connectivity index (χ1v) is 7.33. The second kappa shape index (κ2) is 6.54. The van der Waals surface area contributed by atoms with Gasteiger partial charge in [0.2, 0.25) is 0 Å². The second-order valence-corrected chi connectivity index (χ2v) is 6.49. The van der Waals surface area contributed by atoms with E-state index >= 15 is 0 Å². The summed E-state index contributed by atoms with van der Waals surface area (Å²) in [5, 5.41) is 8.84. The van der Waals surface area contributed by atoms with Crippen LogP contribution in [0, 0.1) is 16.7 Å². The van der Waals surface area contributed by atoms with Gasteiger partial charge >= 0.3 is 0 Å². The Kier molecular flexibility index (Phi) is 5.62. The Labute approximate surface area is 112 Å². The fraction of sp³-hybridized carbons (Fsp3) is 0.933. The summed E-state index contributed by atoms with van der Waals surface area (Å²) in [6.45, 7) is 10.2. The van der Waals surface area contributed by atoms with E-state index in [0.717, 1.165) is 19.3 Å². The van der Waals surface area contributed by atoms with Gasteiger partial charge in [-0.15, -0.1) is 0 Å². The highest BCUT2D eigenvalue weighted by Gasteiger charge is 2.27. The topological polar surface area (TPSA) is 53.0 Å². The van der Waals surface area contributed by atoms with Gasteiger partial charge in [-0.1, -0.05) is 20.3 Å². The first-order chi connectivity index (χ1) is 8.41. The Bertz CT molecular complexity index is 283. The van der Waals surface area contributed by atoms with E-state index in [-0.39, 0.29) is 0 Å². The zero-order valence-corrected chi connectivity index (χ0v) is 12.3. The van der Waals surface area contributed by atoms with Crippen LogP contribution in [0.25, 0.3) is 0 Å². The Hall–Kier alpha value is -0.590. The highest BCUT2D eigenvalue weighted by Crippen LogP contribution is 2.33. The van der Waals surface area contributed by atoms with Crippen LogP contribution < -0.4 is 5.73 Å². The van der Waals surface area contributed by atoms with Crippen molar-refractivity contribution in [3.05, 3.63) is 0 Å². The summed E-state index contributed by atoms with van der Waals surface area (Å²) in [6.07, 6.45) is 6.99. The van der Waals surface area contributed by atoms with Crippen molar-refractivity contribution in [3.8, 4) is 6.07 Å². The largest absolute Gasteiger partial charge is 0.314 e. The number of likely N-dealkylation sites (tertiary alicyclic amines) is 1. The number of nitriles is 1. The summed E-state index contributed by atoms with van der Waals surface area (Å²) in [6, 6.07) is 2.16. The van der Waals surface area contributed by atoms with Gasteiger partial charge in [-0.3, -0.25) is 0 Å². The van der Waals surface area contributed by atoms with Gasteiger partial charge in [-0.2, -0.15) is 5.26 Å². The molecule has 3 heteroatoms. The number of piperidine rings is 1. The predicted octanol–water partition coefficient (Wildman–Crippen LogP) is 2.91. The molecule has 1 aliphatic rings. The van der Waals surface area contributed by atoms with Gasteiger partial charge in [0.15, 0.2) is 0 Å². The van der Waals surface area contributed by atoms with Crippen molar-refractivity contribution in [1.29, 1.82) is 5.26 Å². The van der Waals surface area contributed by atoms with Crippen LogP contribution in [0.15, 0.2) is 0 Å². The quantitative estimate of drug-likeness (QED) is 0.738. The summed E-state index contributed by atoms with van der Waals surface area (Å²) < 4.78 is 0. The minimum absolute atomic E-state index is 0.577. The third-order valence-electron chi connectivity index (χ3n) is 4.59. The lowest BCUT2D eigenvalue weighted by molar-refractivity contribution is 0.113. The molecule has 1 saturated heterocycles. The maximum absolute atomic E-state index is 8.84. The number of nitrogens with two attached hydrogens (primary N) is 1. The molecule has 104 valence electrons. The van der Waals surface area contributed by atoms with Gasteiger partial charge < -0.3 is 10.6 Å². The van der Waals surface area contributed by atoms with Crippen molar-refractivity contribution < 1.29 is 0 Å². The Morgan fingerprint density at radius 3 is 2.44 bits per heavy atom. The Balaban J connectivity index is 2.14. The molecule has 0 spiro atoms. The van der Waals surface area contributed by atoms with E-state index in [4.69, 9.17) is 11.0 Å². The second-order valence-electron chi connectivity index (χ2n) is 6.49. The van der Waals surface area contributed by atoms with Crippen LogP contribution >= 0.6 is 0 Å². The molecule has 1 fully saturated rings. The van der Waals surface area contributed by atoms with Crippen LogP contribution in [0.5, 0.6) is 0 Å². The highest BCUT2D eigenvalue weighted by atomic mass is 15.1. The van der Waals surface area contributed by atoms with Gasteiger partial charge in [0.1, 0.15) is 5.54 Å². The predicted molar refractivity (Wildman–Crippen MR) is 76.1 cm³/mol. The molecule has 0 aromatic heterocycles. The molecule has 0 aromatic rings. The molecular weight excluding hydrogens is 222 g/mol. The van der Waals surface area contributed by atoms with Crippen LogP contribution in [-0.4, -0.2) is 30.1 Å². The molecule has 0 aliphatic carbocycles.